The summed E-state index contributed by atoms with van der Waals surface area (Å²) in [5, 5.41) is 3.82. The minimum absolute atomic E-state index is 0.559. The quantitative estimate of drug-likeness (QED) is 0.588. The van der Waals surface area contributed by atoms with Crippen LogP contribution in [0.4, 0.5) is 0 Å². The highest BCUT2D eigenvalue weighted by molar-refractivity contribution is 5.18. The summed E-state index contributed by atoms with van der Waals surface area (Å²) < 4.78 is 0. The summed E-state index contributed by atoms with van der Waals surface area (Å²) in [5.41, 5.74) is 1.47. The molecule has 0 saturated heterocycles. The Balaban J connectivity index is 1.78. The summed E-state index contributed by atoms with van der Waals surface area (Å²) in [7, 11) is 0. The van der Waals surface area contributed by atoms with Gasteiger partial charge in [-0.3, -0.25) is 0 Å². The molecule has 0 radical (unpaired) electrons. The normalized spacial score (nSPS) is 17.4. The lowest BCUT2D eigenvalue weighted by atomic mass is 9.99. The molecule has 1 atom stereocenters. The van der Waals surface area contributed by atoms with Crippen molar-refractivity contribution in [1.29, 1.82) is 0 Å². The molecule has 0 bridgehead atoms. The first kappa shape index (κ1) is 15.6. The van der Waals surface area contributed by atoms with Gasteiger partial charge < -0.3 is 5.32 Å². The molecule has 1 aromatic carbocycles. The van der Waals surface area contributed by atoms with Crippen LogP contribution in [0, 0.1) is 5.92 Å². The van der Waals surface area contributed by atoms with Crippen LogP contribution in [-0.4, -0.2) is 6.54 Å². The van der Waals surface area contributed by atoms with Crippen molar-refractivity contribution < 1.29 is 0 Å². The highest BCUT2D eigenvalue weighted by Gasteiger charge is 2.16. The van der Waals surface area contributed by atoms with Gasteiger partial charge in [0.25, 0.3) is 0 Å². The summed E-state index contributed by atoms with van der Waals surface area (Å²) in [6.07, 6.45) is 12.5. The van der Waals surface area contributed by atoms with Crippen molar-refractivity contribution in [1.82, 2.24) is 5.32 Å². The molecule has 0 spiro atoms. The third-order valence-corrected chi connectivity index (χ3v) is 4.72. The number of unbranched alkanes of at least 4 members (excludes halogenated alkanes) is 2. The van der Waals surface area contributed by atoms with Crippen LogP contribution in [0.1, 0.15) is 76.3 Å². The van der Waals surface area contributed by atoms with E-state index < -0.39 is 0 Å². The van der Waals surface area contributed by atoms with Crippen molar-refractivity contribution in [2.75, 3.05) is 6.54 Å². The largest absolute Gasteiger partial charge is 0.310 e. The van der Waals surface area contributed by atoms with Gasteiger partial charge in [0, 0.05) is 6.04 Å². The van der Waals surface area contributed by atoms with Crippen LogP contribution >= 0.6 is 0 Å². The Morgan fingerprint density at radius 1 is 1.10 bits per heavy atom. The summed E-state index contributed by atoms with van der Waals surface area (Å²) in [4.78, 5) is 0. The van der Waals surface area contributed by atoms with E-state index in [1.165, 1.54) is 69.9 Å². The molecular weight excluding hydrogens is 242 g/mol. The molecule has 1 aliphatic carbocycles. The van der Waals surface area contributed by atoms with Crippen molar-refractivity contribution in [3.63, 3.8) is 0 Å². The average molecular weight is 273 g/mol. The Morgan fingerprint density at radius 3 is 2.55 bits per heavy atom. The zero-order chi connectivity index (χ0) is 14.0. The Bertz CT molecular complexity index is 340. The maximum absolute atomic E-state index is 3.82. The summed E-state index contributed by atoms with van der Waals surface area (Å²) in [5.74, 6) is 0.995. The van der Waals surface area contributed by atoms with E-state index in [4.69, 9.17) is 0 Å². The van der Waals surface area contributed by atoms with E-state index >= 15 is 0 Å². The summed E-state index contributed by atoms with van der Waals surface area (Å²) in [6.45, 7) is 3.47. The first-order chi connectivity index (χ1) is 9.90. The molecule has 1 aromatic rings. The van der Waals surface area contributed by atoms with Crippen LogP contribution in [-0.2, 0) is 0 Å². The van der Waals surface area contributed by atoms with Gasteiger partial charge >= 0.3 is 0 Å². The number of rotatable bonds is 9. The molecule has 1 N–H and O–H groups in total. The van der Waals surface area contributed by atoms with Gasteiger partial charge in [0.05, 0.1) is 0 Å². The zero-order valence-electron chi connectivity index (χ0n) is 13.1. The van der Waals surface area contributed by atoms with Gasteiger partial charge in [-0.15, -0.1) is 0 Å². The second kappa shape index (κ2) is 9.18. The van der Waals surface area contributed by atoms with Gasteiger partial charge in [0.2, 0.25) is 0 Å². The maximum Gasteiger partial charge on any atom is 0.0320 e. The second-order valence-electron chi connectivity index (χ2n) is 6.35. The van der Waals surface area contributed by atoms with Gasteiger partial charge in [-0.05, 0) is 30.9 Å². The minimum atomic E-state index is 0.559. The fraction of sp³-hybridized carbons (Fsp3) is 0.684. The lowest BCUT2D eigenvalue weighted by Gasteiger charge is -2.20. The van der Waals surface area contributed by atoms with E-state index in [1.54, 1.807) is 0 Å². The highest BCUT2D eigenvalue weighted by Crippen LogP contribution is 2.27. The first-order valence-electron chi connectivity index (χ1n) is 8.68. The van der Waals surface area contributed by atoms with Crippen molar-refractivity contribution >= 4 is 0 Å². The van der Waals surface area contributed by atoms with Crippen molar-refractivity contribution in [3.05, 3.63) is 35.9 Å². The number of nitrogens with one attached hydrogen (secondary N) is 1. The van der Waals surface area contributed by atoms with Crippen LogP contribution in [0.5, 0.6) is 0 Å². The Labute approximate surface area is 125 Å². The van der Waals surface area contributed by atoms with E-state index in [0.717, 1.165) is 5.92 Å². The van der Waals surface area contributed by atoms with Crippen LogP contribution in [0.25, 0.3) is 0 Å². The lowest BCUT2D eigenvalue weighted by molar-refractivity contribution is 0.423. The van der Waals surface area contributed by atoms with E-state index in [9.17, 15) is 0 Å². The SMILES string of the molecule is CCCCCC(NCCC1CCCC1)c1ccccc1. The molecule has 1 saturated carbocycles. The van der Waals surface area contributed by atoms with Crippen LogP contribution in [0.15, 0.2) is 30.3 Å². The molecule has 1 fully saturated rings. The topological polar surface area (TPSA) is 12.0 Å². The number of hydrogen-bond acceptors (Lipinski definition) is 1. The molecular formula is C19H31N. The Hall–Kier alpha value is -0.820. The molecule has 1 nitrogen and oxygen atoms in total. The van der Waals surface area contributed by atoms with E-state index in [0.29, 0.717) is 6.04 Å². The van der Waals surface area contributed by atoms with Gasteiger partial charge in [-0.25, -0.2) is 0 Å². The molecule has 2 rings (SSSR count). The molecule has 0 aromatic heterocycles. The summed E-state index contributed by atoms with van der Waals surface area (Å²) >= 11 is 0. The predicted octanol–water partition coefficient (Wildman–Crippen LogP) is 5.48. The molecule has 0 heterocycles. The average Bonchev–Trinajstić information content (AvgIpc) is 3.00. The second-order valence-corrected chi connectivity index (χ2v) is 6.35. The Morgan fingerprint density at radius 2 is 1.85 bits per heavy atom. The minimum Gasteiger partial charge on any atom is -0.310 e. The van der Waals surface area contributed by atoms with Crippen molar-refractivity contribution in [3.8, 4) is 0 Å². The molecule has 0 amide bonds. The predicted molar refractivity (Wildman–Crippen MR) is 87.9 cm³/mol. The monoisotopic (exact) mass is 273 g/mol. The zero-order valence-corrected chi connectivity index (χ0v) is 13.1. The fourth-order valence-corrected chi connectivity index (χ4v) is 3.43. The Kier molecular flexibility index (Phi) is 7.14. The highest BCUT2D eigenvalue weighted by atomic mass is 14.9. The lowest BCUT2D eigenvalue weighted by Crippen LogP contribution is -2.23. The van der Waals surface area contributed by atoms with Crippen LogP contribution in [0.3, 0.4) is 0 Å². The molecule has 1 heteroatoms. The molecule has 0 aliphatic heterocycles. The number of benzene rings is 1. The standard InChI is InChI=1S/C19H31N/c1-2-3-5-14-19(18-12-6-4-7-13-18)20-16-15-17-10-8-9-11-17/h4,6-7,12-13,17,19-20H,2-3,5,8-11,14-16H2,1H3. The van der Waals surface area contributed by atoms with Gasteiger partial charge in [-0.2, -0.15) is 0 Å². The fourth-order valence-electron chi connectivity index (χ4n) is 3.43. The van der Waals surface area contributed by atoms with Crippen LogP contribution < -0.4 is 5.32 Å². The van der Waals surface area contributed by atoms with Gasteiger partial charge in [0.1, 0.15) is 0 Å². The van der Waals surface area contributed by atoms with Crippen LogP contribution in [0.2, 0.25) is 0 Å². The van der Waals surface area contributed by atoms with Gasteiger partial charge in [0.15, 0.2) is 0 Å². The molecule has 112 valence electrons. The molecule has 1 unspecified atom stereocenters. The van der Waals surface area contributed by atoms with E-state index in [2.05, 4.69) is 42.6 Å². The smallest absolute Gasteiger partial charge is 0.0320 e. The third kappa shape index (κ3) is 5.28. The first-order valence-corrected chi connectivity index (χ1v) is 8.68. The van der Waals surface area contributed by atoms with E-state index in [1.807, 2.05) is 0 Å². The van der Waals surface area contributed by atoms with Crippen molar-refractivity contribution in [2.45, 2.75) is 70.8 Å². The number of hydrogen-bond donors (Lipinski definition) is 1. The summed E-state index contributed by atoms with van der Waals surface area (Å²) in [6, 6.07) is 11.6. The molecule has 1 aliphatic rings. The van der Waals surface area contributed by atoms with Crippen molar-refractivity contribution in [2.24, 2.45) is 5.92 Å². The maximum atomic E-state index is 3.82. The third-order valence-electron chi connectivity index (χ3n) is 4.72. The van der Waals surface area contributed by atoms with Gasteiger partial charge in [-0.1, -0.05) is 82.2 Å². The molecule has 20 heavy (non-hydrogen) atoms. The van der Waals surface area contributed by atoms with E-state index in [-0.39, 0.29) is 0 Å².